The zero-order valence-corrected chi connectivity index (χ0v) is 33.3. The lowest BCUT2D eigenvalue weighted by Crippen LogP contribution is -2.36. The van der Waals surface area contributed by atoms with Gasteiger partial charge in [-0.2, -0.15) is 17.6 Å². The molecule has 314 valence electrons. The van der Waals surface area contributed by atoms with Crippen LogP contribution in [0, 0.1) is 5.95 Å². The lowest BCUT2D eigenvalue weighted by molar-refractivity contribution is -0.154. The molecular formula is C44H52F4N8O3. The molecule has 8 heterocycles. The number of rotatable bonds is 12. The molecule has 4 fully saturated rings. The minimum absolute atomic E-state index is 0.00414. The number of halogens is 4. The molecule has 4 saturated heterocycles. The Morgan fingerprint density at radius 3 is 1.68 bits per heavy atom. The van der Waals surface area contributed by atoms with E-state index in [0.29, 0.717) is 19.4 Å². The molecule has 4 aliphatic heterocycles. The average Bonchev–Trinajstić information content (AvgIpc) is 3.93. The van der Waals surface area contributed by atoms with Gasteiger partial charge in [0.2, 0.25) is 23.6 Å². The van der Waals surface area contributed by atoms with Gasteiger partial charge in [0, 0.05) is 93.8 Å². The number of aromatic nitrogens is 4. The van der Waals surface area contributed by atoms with Crippen molar-refractivity contribution < 1.29 is 31.9 Å². The number of nitrogens with zero attached hydrogens (tertiary/aromatic N) is 8. The van der Waals surface area contributed by atoms with Crippen LogP contribution in [0.5, 0.6) is 5.88 Å². The minimum atomic E-state index is -4.38. The molecule has 8 rings (SSSR count). The third kappa shape index (κ3) is 11.6. The number of carbonyl (C=O) groups excluding carboxylic acids is 2. The van der Waals surface area contributed by atoms with Gasteiger partial charge in [-0.15, -0.1) is 0 Å². The van der Waals surface area contributed by atoms with Crippen LogP contribution in [0.25, 0.3) is 0 Å². The Hall–Kier alpha value is -5.02. The first kappa shape index (κ1) is 42.1. The number of carbonyl (C=O) groups is 2. The molecule has 0 N–H and O–H groups in total. The summed E-state index contributed by atoms with van der Waals surface area (Å²) in [6.07, 6.45) is 7.76. The van der Waals surface area contributed by atoms with E-state index in [2.05, 4.69) is 35.8 Å². The Morgan fingerprint density at radius 2 is 1.17 bits per heavy atom. The van der Waals surface area contributed by atoms with E-state index in [-0.39, 0.29) is 29.5 Å². The van der Waals surface area contributed by atoms with Crippen LogP contribution in [0.1, 0.15) is 85.7 Å². The second-order valence-electron chi connectivity index (χ2n) is 15.7. The molecule has 4 aromatic rings. The maximum absolute atomic E-state index is 13.4. The number of anilines is 2. The standard InChI is InChI=1S/C23H27F3N4O2.C21H25FN4O/c24-23(25,26)16-32-20-7-3-6-19(28-20)18-10-14-29(15-18)13-9-17-5-4-11-27-22(17)30-12-2-1-8-21(30)31;22-19-7-3-6-18(24-19)17-10-14-25(15-17)13-9-16-5-4-11-23-21(16)26-12-2-1-8-20(26)27/h3-7,11,18H,1-2,8-10,12-16H2;3-7,11,17H,1-2,8-10,12-15H2. The first-order valence-corrected chi connectivity index (χ1v) is 20.8. The highest BCUT2D eigenvalue weighted by Gasteiger charge is 2.31. The van der Waals surface area contributed by atoms with Gasteiger partial charge in [0.1, 0.15) is 11.6 Å². The highest BCUT2D eigenvalue weighted by atomic mass is 19.4. The van der Waals surface area contributed by atoms with Crippen LogP contribution >= 0.6 is 0 Å². The number of alkyl halides is 3. The number of likely N-dealkylation sites (tertiary alicyclic amines) is 2. The van der Waals surface area contributed by atoms with Gasteiger partial charge in [-0.3, -0.25) is 19.4 Å². The van der Waals surface area contributed by atoms with Crippen molar-refractivity contribution in [3.05, 3.63) is 102 Å². The van der Waals surface area contributed by atoms with Gasteiger partial charge >= 0.3 is 6.18 Å². The molecule has 0 aliphatic carbocycles. The molecule has 2 amide bonds. The van der Waals surface area contributed by atoms with E-state index in [1.807, 2.05) is 40.1 Å². The van der Waals surface area contributed by atoms with Crippen LogP contribution in [-0.2, 0) is 22.4 Å². The summed E-state index contributed by atoms with van der Waals surface area (Å²) < 4.78 is 55.4. The van der Waals surface area contributed by atoms with Crippen LogP contribution in [0.2, 0.25) is 0 Å². The number of piperidine rings is 2. The second-order valence-corrected chi connectivity index (χ2v) is 15.7. The van der Waals surface area contributed by atoms with Crippen LogP contribution in [0.4, 0.5) is 29.2 Å². The smallest absolute Gasteiger partial charge is 0.422 e. The molecular weight excluding hydrogens is 765 g/mol. The van der Waals surface area contributed by atoms with E-state index in [9.17, 15) is 27.2 Å². The summed E-state index contributed by atoms with van der Waals surface area (Å²) in [4.78, 5) is 50.3. The average molecular weight is 817 g/mol. The summed E-state index contributed by atoms with van der Waals surface area (Å²) in [6.45, 7) is 5.43. The summed E-state index contributed by atoms with van der Waals surface area (Å²) in [5.74, 6) is 1.95. The fourth-order valence-corrected chi connectivity index (χ4v) is 8.45. The number of hydrogen-bond acceptors (Lipinski definition) is 9. The van der Waals surface area contributed by atoms with Crippen molar-refractivity contribution in [2.45, 2.75) is 82.2 Å². The van der Waals surface area contributed by atoms with Crippen molar-refractivity contribution in [1.82, 2.24) is 29.7 Å². The molecule has 0 radical (unpaired) electrons. The van der Waals surface area contributed by atoms with Gasteiger partial charge in [0.25, 0.3) is 0 Å². The summed E-state index contributed by atoms with van der Waals surface area (Å²) in [5, 5.41) is 0. The van der Waals surface area contributed by atoms with Crippen LogP contribution in [0.15, 0.2) is 73.1 Å². The lowest BCUT2D eigenvalue weighted by Gasteiger charge is -2.28. The van der Waals surface area contributed by atoms with E-state index in [1.165, 1.54) is 12.1 Å². The fourth-order valence-electron chi connectivity index (χ4n) is 8.45. The van der Waals surface area contributed by atoms with Gasteiger partial charge in [-0.05, 0) is 106 Å². The minimum Gasteiger partial charge on any atom is -0.468 e. The Bertz CT molecular complexity index is 2040. The van der Waals surface area contributed by atoms with Crippen molar-refractivity contribution in [2.75, 3.05) is 68.8 Å². The zero-order valence-electron chi connectivity index (χ0n) is 33.3. The summed E-state index contributed by atoms with van der Waals surface area (Å²) in [6, 6.07) is 18.0. The van der Waals surface area contributed by atoms with Gasteiger partial charge in [0.05, 0.1) is 0 Å². The summed E-state index contributed by atoms with van der Waals surface area (Å²) in [5.41, 5.74) is 3.79. The van der Waals surface area contributed by atoms with Crippen molar-refractivity contribution in [2.24, 2.45) is 0 Å². The first-order valence-electron chi connectivity index (χ1n) is 20.8. The van der Waals surface area contributed by atoms with E-state index in [0.717, 1.165) is 131 Å². The van der Waals surface area contributed by atoms with E-state index in [1.54, 1.807) is 24.5 Å². The topological polar surface area (TPSA) is 108 Å². The molecule has 4 aliphatic rings. The maximum Gasteiger partial charge on any atom is 0.422 e. The molecule has 0 saturated carbocycles. The first-order chi connectivity index (χ1) is 28.6. The van der Waals surface area contributed by atoms with Gasteiger partial charge in [0.15, 0.2) is 6.61 Å². The van der Waals surface area contributed by atoms with E-state index in [4.69, 9.17) is 4.74 Å². The normalized spacial score (nSPS) is 20.5. The molecule has 11 nitrogen and oxygen atoms in total. The Labute approximate surface area is 342 Å². The van der Waals surface area contributed by atoms with Gasteiger partial charge < -0.3 is 14.5 Å². The van der Waals surface area contributed by atoms with Crippen molar-refractivity contribution >= 4 is 23.5 Å². The molecule has 4 aromatic heterocycles. The Balaban J connectivity index is 0.000000181. The van der Waals surface area contributed by atoms with E-state index >= 15 is 0 Å². The molecule has 2 atom stereocenters. The molecule has 15 heteroatoms. The van der Waals surface area contributed by atoms with Gasteiger partial charge in [-0.1, -0.05) is 24.3 Å². The highest BCUT2D eigenvalue weighted by Crippen LogP contribution is 2.30. The monoisotopic (exact) mass is 816 g/mol. The number of pyridine rings is 4. The number of amides is 2. The van der Waals surface area contributed by atoms with Crippen molar-refractivity contribution in [3.8, 4) is 5.88 Å². The molecule has 0 spiro atoms. The van der Waals surface area contributed by atoms with Crippen molar-refractivity contribution in [1.29, 1.82) is 0 Å². The third-order valence-electron chi connectivity index (χ3n) is 11.5. The quantitative estimate of drug-likeness (QED) is 0.109. The Kier molecular flexibility index (Phi) is 14.1. The van der Waals surface area contributed by atoms with Crippen molar-refractivity contribution in [3.63, 3.8) is 0 Å². The predicted octanol–water partition coefficient (Wildman–Crippen LogP) is 7.13. The molecule has 0 aromatic carbocycles. The summed E-state index contributed by atoms with van der Waals surface area (Å²) in [7, 11) is 0. The van der Waals surface area contributed by atoms with Gasteiger partial charge in [-0.25, -0.2) is 19.9 Å². The molecule has 59 heavy (non-hydrogen) atoms. The lowest BCUT2D eigenvalue weighted by atomic mass is 10.0. The highest BCUT2D eigenvalue weighted by molar-refractivity contribution is 5.94. The molecule has 2 unspecified atom stereocenters. The largest absolute Gasteiger partial charge is 0.468 e. The third-order valence-corrected chi connectivity index (χ3v) is 11.5. The zero-order chi connectivity index (χ0) is 41.2. The molecule has 0 bridgehead atoms. The Morgan fingerprint density at radius 1 is 0.644 bits per heavy atom. The van der Waals surface area contributed by atoms with E-state index < -0.39 is 18.7 Å². The summed E-state index contributed by atoms with van der Waals surface area (Å²) >= 11 is 0. The maximum atomic E-state index is 13.4. The van der Waals surface area contributed by atoms with Crippen LogP contribution in [-0.4, -0.2) is 107 Å². The SMILES string of the molecule is O=C1CCCCN1c1ncccc1CCN1CCC(c2cccc(F)n2)C1.O=C1CCCCN1c1ncccc1CCN1CCC(c2cccc(OCC(F)(F)F)n2)C1. The van der Waals surface area contributed by atoms with Crippen LogP contribution in [0.3, 0.4) is 0 Å². The van der Waals surface area contributed by atoms with Crippen LogP contribution < -0.4 is 14.5 Å². The second kappa shape index (κ2) is 19.8. The fraction of sp³-hybridized carbons (Fsp3) is 0.500. The number of ether oxygens (including phenoxy) is 1. The predicted molar refractivity (Wildman–Crippen MR) is 216 cm³/mol. The number of hydrogen-bond donors (Lipinski definition) is 0.